The fourth-order valence-electron chi connectivity index (χ4n) is 16.9. The summed E-state index contributed by atoms with van der Waals surface area (Å²) in [6.45, 7) is 13.4. The van der Waals surface area contributed by atoms with Gasteiger partial charge in [0.2, 0.25) is 17.2 Å². The van der Waals surface area contributed by atoms with Gasteiger partial charge >= 0.3 is 17.9 Å². The van der Waals surface area contributed by atoms with Crippen LogP contribution in [0.5, 0.6) is 0 Å². The number of hydrogen-bond donors (Lipinski definition) is 2. The number of esters is 2. The number of carbonyl (C=O) groups is 3. The van der Waals surface area contributed by atoms with Gasteiger partial charge < -0.3 is 57.5 Å². The number of nitrogens with zero attached hydrogens (tertiary/aromatic N) is 11. The number of piperidine rings is 3. The number of carbonyl (C=O) groups excluding carboxylic acids is 2. The number of rotatable bonds is 20. The van der Waals surface area contributed by atoms with Gasteiger partial charge in [0.1, 0.15) is 34.4 Å². The van der Waals surface area contributed by atoms with Crippen molar-refractivity contribution in [2.45, 2.75) is 264 Å². The van der Waals surface area contributed by atoms with Crippen molar-refractivity contribution >= 4 is 41.4 Å². The Bertz CT molecular complexity index is 4680. The van der Waals surface area contributed by atoms with Crippen molar-refractivity contribution in [1.82, 2.24) is 50.7 Å². The summed E-state index contributed by atoms with van der Waals surface area (Å²) in [5.74, 6) is 3.71. The zero-order valence-corrected chi connectivity index (χ0v) is 63.4. The summed E-state index contributed by atoms with van der Waals surface area (Å²) >= 11 is 5.52. The van der Waals surface area contributed by atoms with Crippen LogP contribution in [0.4, 0.5) is 11.9 Å². The summed E-state index contributed by atoms with van der Waals surface area (Å²) in [6.07, 6.45) is 20.4. The largest absolute Gasteiger partial charge is 0.477 e. The first-order valence-electron chi connectivity index (χ1n) is 38.3. The third-order valence-corrected chi connectivity index (χ3v) is 22.9. The van der Waals surface area contributed by atoms with E-state index in [4.69, 9.17) is 44.1 Å². The van der Waals surface area contributed by atoms with E-state index >= 15 is 0 Å². The molecule has 3 aliphatic carbocycles. The van der Waals surface area contributed by atoms with Crippen LogP contribution in [0.2, 0.25) is 5.28 Å². The quantitative estimate of drug-likeness (QED) is 0.0529. The zero-order chi connectivity index (χ0) is 74.9. The molecule has 0 radical (unpaired) electrons. The number of carboxylic acids is 1. The Morgan fingerprint density at radius 3 is 1.11 bits per heavy atom. The van der Waals surface area contributed by atoms with Gasteiger partial charge in [0, 0.05) is 104 Å². The molecule has 6 saturated heterocycles. The molecule has 2 N–H and O–H groups in total. The lowest BCUT2D eigenvalue weighted by molar-refractivity contribution is 0.00873. The van der Waals surface area contributed by atoms with E-state index in [1.54, 1.807) is 13.0 Å². The van der Waals surface area contributed by atoms with E-state index in [2.05, 4.69) is 135 Å². The summed E-state index contributed by atoms with van der Waals surface area (Å²) in [5, 5.41) is 26.6. The van der Waals surface area contributed by atoms with E-state index in [0.29, 0.717) is 96.8 Å². The van der Waals surface area contributed by atoms with Crippen LogP contribution in [0.3, 0.4) is 0 Å². The molecule has 9 aromatic rings. The van der Waals surface area contributed by atoms with Crippen molar-refractivity contribution in [3.63, 3.8) is 0 Å². The number of aromatic carboxylic acids is 1. The number of aromatic nitrogens is 9. The van der Waals surface area contributed by atoms with Crippen molar-refractivity contribution in [2.75, 3.05) is 24.0 Å². The second-order valence-electron chi connectivity index (χ2n) is 30.7. The summed E-state index contributed by atoms with van der Waals surface area (Å²) in [4.78, 5) is 64.7. The van der Waals surface area contributed by atoms with Gasteiger partial charge in [-0.05, 0) is 204 Å². The summed E-state index contributed by atoms with van der Waals surface area (Å²) < 4.78 is 46.3. The van der Waals surface area contributed by atoms with Crippen molar-refractivity contribution in [3.8, 4) is 33.8 Å². The van der Waals surface area contributed by atoms with Crippen molar-refractivity contribution in [1.29, 1.82) is 0 Å². The molecular weight excluding hydrogens is 1420 g/mol. The number of ether oxygens (including phenoxy) is 5. The van der Waals surface area contributed by atoms with E-state index in [1.165, 1.54) is 79.9 Å². The zero-order valence-electron chi connectivity index (χ0n) is 62.7. The number of carboxylic acid groups (broad SMARTS) is 1. The molecule has 18 rings (SSSR count). The summed E-state index contributed by atoms with van der Waals surface area (Å²) in [7, 11) is 2.66. The molecule has 9 fully saturated rings. The molecule has 0 amide bonds. The first kappa shape index (κ1) is 78.8. The third-order valence-electron chi connectivity index (χ3n) is 22.7. The molecule has 25 heteroatoms. The normalized spacial score (nSPS) is 22.6. The average molecular weight is 1520 g/mol. The number of benzene rings is 3. The summed E-state index contributed by atoms with van der Waals surface area (Å²) in [5.41, 5.74) is 15.8. The molecule has 6 bridgehead atoms. The Labute approximate surface area is 648 Å². The number of nitrogens with one attached hydrogen (secondary N) is 1. The van der Waals surface area contributed by atoms with Crippen LogP contribution < -0.4 is 15.1 Å². The second-order valence-corrected chi connectivity index (χ2v) is 31.0. The van der Waals surface area contributed by atoms with Gasteiger partial charge in [0.25, 0.3) is 0 Å². The number of halogens is 1. The number of hydrogen-bond acceptors (Lipinski definition) is 23. The minimum absolute atomic E-state index is 0. The molecule has 24 nitrogen and oxygen atoms in total. The molecule has 0 spiro atoms. The lowest BCUT2D eigenvalue weighted by atomic mass is 9.99. The molecular formula is C85H103ClN12O12. The van der Waals surface area contributed by atoms with Crippen LogP contribution in [0.1, 0.15) is 247 Å². The topological polar surface area (TPSA) is 292 Å². The van der Waals surface area contributed by atoms with Gasteiger partial charge in [0.05, 0.1) is 52.4 Å². The van der Waals surface area contributed by atoms with Crippen LogP contribution in [-0.4, -0.2) is 137 Å². The molecule has 6 aliphatic heterocycles. The van der Waals surface area contributed by atoms with E-state index < -0.39 is 17.9 Å². The van der Waals surface area contributed by atoms with Crippen molar-refractivity contribution in [3.05, 3.63) is 181 Å². The highest BCUT2D eigenvalue weighted by Crippen LogP contribution is 2.49. The van der Waals surface area contributed by atoms with Gasteiger partial charge in [-0.3, -0.25) is 0 Å². The number of aryl methyl sites for hydroxylation is 6. The van der Waals surface area contributed by atoms with Crippen molar-refractivity contribution < 1.29 is 56.7 Å². The SMILES string of the molecule is C.C.COC(=O)c1cc(C)nc(Cl)n1.COC(=O)c1cc(C)nc(N2C3CC[C@H]2CC(OCc2c(-c4ccccc4C)noc2C2CC2)C3)n1.Cc1cc(C(=O)O)nc(N2C3CC[C@H]2CC(OCc2c(-c4ccccc4C)noc2C2CC2)C3)n1.Cc1ccccc1-c1noc(C2CC2)c1COC1CC2CC[C@@H](C1)N2. The molecule has 12 heterocycles. The van der Waals surface area contributed by atoms with Crippen LogP contribution in [0, 0.1) is 41.5 Å². The molecule has 3 saturated carbocycles. The van der Waals surface area contributed by atoms with Gasteiger partial charge in [0.15, 0.2) is 17.1 Å². The molecule has 6 aromatic heterocycles. The highest BCUT2D eigenvalue weighted by molar-refractivity contribution is 6.28. The lowest BCUT2D eigenvalue weighted by Gasteiger charge is -2.39. The maximum absolute atomic E-state index is 12.1. The molecule has 110 heavy (non-hydrogen) atoms. The van der Waals surface area contributed by atoms with Gasteiger partial charge in [-0.25, -0.2) is 44.3 Å². The smallest absolute Gasteiger partial charge is 0.356 e. The lowest BCUT2D eigenvalue weighted by Crippen LogP contribution is -2.46. The fourth-order valence-corrected chi connectivity index (χ4v) is 17.1. The third kappa shape index (κ3) is 17.8. The molecule has 3 aromatic carbocycles. The number of fused-ring (bicyclic) bond motifs is 6. The average Bonchev–Trinajstić information content (AvgIpc) is 1.62. The first-order chi connectivity index (χ1) is 52.4. The van der Waals surface area contributed by atoms with Gasteiger partial charge in [-0.15, -0.1) is 0 Å². The predicted molar refractivity (Wildman–Crippen MR) is 416 cm³/mol. The molecule has 582 valence electrons. The second kappa shape index (κ2) is 34.5. The Hall–Kier alpha value is -9.33. The van der Waals surface area contributed by atoms with E-state index in [1.807, 2.05) is 38.1 Å². The highest BCUT2D eigenvalue weighted by Gasteiger charge is 2.46. The van der Waals surface area contributed by atoms with E-state index in [0.717, 1.165) is 152 Å². The maximum atomic E-state index is 12.1. The molecule has 6 unspecified atom stereocenters. The minimum Gasteiger partial charge on any atom is -0.477 e. The summed E-state index contributed by atoms with van der Waals surface area (Å²) in [6, 6.07) is 32.1. The Balaban J connectivity index is 0.000000135. The molecule has 9 aliphatic rings. The van der Waals surface area contributed by atoms with E-state index in [9.17, 15) is 19.5 Å². The monoisotopic (exact) mass is 1520 g/mol. The van der Waals surface area contributed by atoms with Crippen LogP contribution >= 0.6 is 11.6 Å². The van der Waals surface area contributed by atoms with Crippen LogP contribution in [0.15, 0.2) is 105 Å². The molecule has 9 atom stereocenters. The Kier molecular flexibility index (Phi) is 24.7. The van der Waals surface area contributed by atoms with Crippen molar-refractivity contribution in [2.24, 2.45) is 0 Å². The number of anilines is 2. The Morgan fingerprint density at radius 1 is 0.445 bits per heavy atom. The standard InChI is InChI=1S/C28H32N4O4.C27H30N4O4.C21H26N2O2.C7H7ClN2O2.2CH4/c1-16-6-4-5-7-22(16)25-23(26(36-31-25)18-8-9-18)15-35-21-13-19-10-11-20(14-21)32(19)28-29-17(2)12-24(30-28)27(33)34-3;1-15-5-3-4-6-21(15)24-22(25(35-30-24)17-7-8-17)14-34-20-12-18-9-10-19(13-20)31(18)27-28-16(2)11-23(29-27)26(32)33;1-13-4-2-3-5-18(13)20-19(21(25-23-20)14-6-7-14)12-24-17-10-15-8-9-16(11-17)22-15;1-4-3-5(6(11)12-2)10-7(8)9-4;;/h4-7,12,18-21H,8-11,13-15H2,1-3H3;3-6,11,17-20H,7-10,12-14H2,1-2H3,(H,32,33);2-5,14-17,22H,6-12H2,1H3;3H,1-2H3;2*1H4/t19-,20?,21?;18-,19?,20?;15-,16?,17?;;;/m000.../s1. The fraction of sp³-hybridized carbons (Fsp3) is 0.506. The minimum atomic E-state index is -1.02. The van der Waals surface area contributed by atoms with Gasteiger partial charge in [-0.2, -0.15) is 0 Å². The first-order valence-corrected chi connectivity index (χ1v) is 38.7. The highest BCUT2D eigenvalue weighted by atomic mass is 35.5. The van der Waals surface area contributed by atoms with Gasteiger partial charge in [-0.1, -0.05) is 103 Å². The maximum Gasteiger partial charge on any atom is 0.356 e. The number of methoxy groups -OCH3 is 2. The van der Waals surface area contributed by atoms with E-state index in [-0.39, 0.29) is 55.8 Å². The van der Waals surface area contributed by atoms with Crippen LogP contribution in [-0.2, 0) is 43.5 Å². The predicted octanol–water partition coefficient (Wildman–Crippen LogP) is 17.0. The van der Waals surface area contributed by atoms with Crippen LogP contribution in [0.25, 0.3) is 33.8 Å². The Morgan fingerprint density at radius 2 is 0.773 bits per heavy atom.